The number of methoxy groups -OCH3 is 3. The van der Waals surface area contributed by atoms with Crippen molar-refractivity contribution >= 4 is 29.7 Å². The molecule has 3 rings (SSSR count). The van der Waals surface area contributed by atoms with Crippen molar-refractivity contribution in [3.05, 3.63) is 77.9 Å². The SMILES string of the molecule is COc1ccc(OC)c(NC(=O)C(=O)N/N=C/c2cccc(OC(=O)c3ccccc3OC)c2)c1. The molecule has 180 valence electrons. The first-order valence-corrected chi connectivity index (χ1v) is 10.3. The maximum atomic E-state index is 12.5. The minimum absolute atomic E-state index is 0.263. The number of anilines is 1. The van der Waals surface area contributed by atoms with Gasteiger partial charge in [0.1, 0.15) is 28.6 Å². The topological polar surface area (TPSA) is 125 Å². The Morgan fingerprint density at radius 1 is 0.771 bits per heavy atom. The minimum Gasteiger partial charge on any atom is -0.497 e. The van der Waals surface area contributed by atoms with E-state index in [4.69, 9.17) is 18.9 Å². The van der Waals surface area contributed by atoms with Crippen LogP contribution in [0.1, 0.15) is 15.9 Å². The second-order valence-electron chi connectivity index (χ2n) is 6.88. The molecule has 10 heteroatoms. The van der Waals surface area contributed by atoms with Gasteiger partial charge in [0.2, 0.25) is 0 Å². The molecule has 0 saturated heterocycles. The van der Waals surface area contributed by atoms with E-state index in [0.29, 0.717) is 22.8 Å². The largest absolute Gasteiger partial charge is 0.497 e. The average Bonchev–Trinajstić information content (AvgIpc) is 2.88. The molecule has 0 aliphatic rings. The number of amides is 2. The highest BCUT2D eigenvalue weighted by Gasteiger charge is 2.16. The van der Waals surface area contributed by atoms with Crippen LogP contribution in [0, 0.1) is 0 Å². The molecule has 0 fully saturated rings. The van der Waals surface area contributed by atoms with E-state index >= 15 is 0 Å². The first-order chi connectivity index (χ1) is 16.9. The number of esters is 1. The van der Waals surface area contributed by atoms with Crippen molar-refractivity contribution in [2.24, 2.45) is 5.10 Å². The molecule has 35 heavy (non-hydrogen) atoms. The van der Waals surface area contributed by atoms with Gasteiger partial charge >= 0.3 is 17.8 Å². The molecule has 0 saturated carbocycles. The van der Waals surface area contributed by atoms with E-state index in [1.807, 2.05) is 0 Å². The zero-order valence-electron chi connectivity index (χ0n) is 19.2. The summed E-state index contributed by atoms with van der Waals surface area (Å²) >= 11 is 0. The summed E-state index contributed by atoms with van der Waals surface area (Å²) in [6.45, 7) is 0. The van der Waals surface area contributed by atoms with Gasteiger partial charge in [0, 0.05) is 6.07 Å². The lowest BCUT2D eigenvalue weighted by molar-refractivity contribution is -0.136. The molecule has 0 spiro atoms. The molecule has 3 aromatic carbocycles. The predicted octanol–water partition coefficient (Wildman–Crippen LogP) is 3.02. The Morgan fingerprint density at radius 3 is 2.29 bits per heavy atom. The highest BCUT2D eigenvalue weighted by atomic mass is 16.5. The smallest absolute Gasteiger partial charge is 0.347 e. The van der Waals surface area contributed by atoms with Gasteiger partial charge in [0.15, 0.2) is 0 Å². The van der Waals surface area contributed by atoms with Crippen molar-refractivity contribution in [2.75, 3.05) is 26.6 Å². The standard InChI is InChI=1S/C25H23N3O7/c1-32-17-11-12-22(34-3)20(14-17)27-23(29)24(30)28-26-15-16-7-6-8-18(13-16)35-25(31)19-9-4-5-10-21(19)33-2/h4-15H,1-3H3,(H,27,29)(H,28,30)/b26-15+. The first-order valence-electron chi connectivity index (χ1n) is 10.3. The number of para-hydroxylation sites is 1. The molecular weight excluding hydrogens is 454 g/mol. The quantitative estimate of drug-likeness (QED) is 0.168. The fraction of sp³-hybridized carbons (Fsp3) is 0.120. The fourth-order valence-electron chi connectivity index (χ4n) is 2.94. The lowest BCUT2D eigenvalue weighted by Gasteiger charge is -2.11. The Kier molecular flexibility index (Phi) is 8.38. The summed E-state index contributed by atoms with van der Waals surface area (Å²) in [7, 11) is 4.37. The van der Waals surface area contributed by atoms with Crippen LogP contribution in [0.3, 0.4) is 0 Å². The number of hydrogen-bond donors (Lipinski definition) is 2. The van der Waals surface area contributed by atoms with Crippen molar-refractivity contribution in [3.8, 4) is 23.0 Å². The molecule has 10 nitrogen and oxygen atoms in total. The molecule has 0 aliphatic carbocycles. The molecule has 0 atom stereocenters. The molecule has 0 aromatic heterocycles. The van der Waals surface area contributed by atoms with Crippen LogP contribution >= 0.6 is 0 Å². The molecule has 2 N–H and O–H groups in total. The number of nitrogens with one attached hydrogen (secondary N) is 2. The fourth-order valence-corrected chi connectivity index (χ4v) is 2.94. The third-order valence-corrected chi connectivity index (χ3v) is 4.64. The van der Waals surface area contributed by atoms with Gasteiger partial charge in [-0.1, -0.05) is 24.3 Å². The Bertz CT molecular complexity index is 1260. The van der Waals surface area contributed by atoms with Gasteiger partial charge in [0.25, 0.3) is 0 Å². The number of benzene rings is 3. The Hall–Kier alpha value is -4.86. The molecule has 0 unspecified atom stereocenters. The second kappa shape index (κ2) is 11.8. The summed E-state index contributed by atoms with van der Waals surface area (Å²) in [5.74, 6) is -1.05. The van der Waals surface area contributed by atoms with Crippen molar-refractivity contribution < 1.29 is 33.3 Å². The molecule has 0 aliphatic heterocycles. The first kappa shape index (κ1) is 24.8. The normalized spacial score (nSPS) is 10.4. The second-order valence-corrected chi connectivity index (χ2v) is 6.88. The maximum Gasteiger partial charge on any atom is 0.347 e. The van der Waals surface area contributed by atoms with Crippen molar-refractivity contribution in [1.82, 2.24) is 5.43 Å². The number of carbonyl (C=O) groups is 3. The molecule has 0 bridgehead atoms. The maximum absolute atomic E-state index is 12.5. The van der Waals surface area contributed by atoms with Gasteiger partial charge in [-0.3, -0.25) is 9.59 Å². The summed E-state index contributed by atoms with van der Waals surface area (Å²) in [4.78, 5) is 36.8. The zero-order chi connectivity index (χ0) is 25.2. The van der Waals surface area contributed by atoms with Crippen LogP contribution in [-0.2, 0) is 9.59 Å². The molecule has 0 heterocycles. The van der Waals surface area contributed by atoms with Crippen LogP contribution in [0.25, 0.3) is 0 Å². The van der Waals surface area contributed by atoms with E-state index in [0.717, 1.165) is 0 Å². The van der Waals surface area contributed by atoms with E-state index in [-0.39, 0.29) is 17.0 Å². The van der Waals surface area contributed by atoms with Crippen LogP contribution in [-0.4, -0.2) is 45.3 Å². The predicted molar refractivity (Wildman–Crippen MR) is 128 cm³/mol. The molecule has 3 aromatic rings. The van der Waals surface area contributed by atoms with Crippen LogP contribution in [0.2, 0.25) is 0 Å². The highest BCUT2D eigenvalue weighted by molar-refractivity contribution is 6.39. The number of ether oxygens (including phenoxy) is 4. The van der Waals surface area contributed by atoms with Gasteiger partial charge in [-0.2, -0.15) is 5.10 Å². The van der Waals surface area contributed by atoms with Crippen molar-refractivity contribution in [3.63, 3.8) is 0 Å². The van der Waals surface area contributed by atoms with Gasteiger partial charge in [-0.05, 0) is 42.0 Å². The number of nitrogens with zero attached hydrogens (tertiary/aromatic N) is 1. The summed E-state index contributed by atoms with van der Waals surface area (Å²) < 4.78 is 20.9. The summed E-state index contributed by atoms with van der Waals surface area (Å²) in [6.07, 6.45) is 1.30. The van der Waals surface area contributed by atoms with E-state index < -0.39 is 17.8 Å². The van der Waals surface area contributed by atoms with Crippen LogP contribution in [0.15, 0.2) is 71.8 Å². The van der Waals surface area contributed by atoms with Crippen molar-refractivity contribution in [2.45, 2.75) is 0 Å². The lowest BCUT2D eigenvalue weighted by Crippen LogP contribution is -2.32. The molecule has 2 amide bonds. The van der Waals surface area contributed by atoms with Gasteiger partial charge in [-0.25, -0.2) is 10.2 Å². The zero-order valence-corrected chi connectivity index (χ0v) is 19.2. The van der Waals surface area contributed by atoms with E-state index in [2.05, 4.69) is 15.8 Å². The van der Waals surface area contributed by atoms with Crippen LogP contribution < -0.4 is 29.7 Å². The van der Waals surface area contributed by atoms with E-state index in [1.54, 1.807) is 60.7 Å². The van der Waals surface area contributed by atoms with Crippen molar-refractivity contribution in [1.29, 1.82) is 0 Å². The van der Waals surface area contributed by atoms with Gasteiger partial charge in [-0.15, -0.1) is 0 Å². The third kappa shape index (κ3) is 6.57. The monoisotopic (exact) mass is 477 g/mol. The number of hydrogen-bond acceptors (Lipinski definition) is 8. The van der Waals surface area contributed by atoms with Crippen LogP contribution in [0.5, 0.6) is 23.0 Å². The minimum atomic E-state index is -0.995. The molecular formula is C25H23N3O7. The number of hydrazone groups is 1. The Morgan fingerprint density at radius 2 is 1.54 bits per heavy atom. The summed E-state index contributed by atoms with van der Waals surface area (Å²) in [6, 6.07) is 17.9. The van der Waals surface area contributed by atoms with Gasteiger partial charge in [0.05, 0.1) is 33.2 Å². The van der Waals surface area contributed by atoms with Crippen LogP contribution in [0.4, 0.5) is 5.69 Å². The average molecular weight is 477 g/mol. The Balaban J connectivity index is 1.61. The summed E-state index contributed by atoms with van der Waals surface area (Å²) in [5.41, 5.74) is 3.20. The number of rotatable bonds is 8. The van der Waals surface area contributed by atoms with E-state index in [9.17, 15) is 14.4 Å². The lowest BCUT2D eigenvalue weighted by atomic mass is 10.2. The number of carbonyl (C=O) groups excluding carboxylic acids is 3. The summed E-state index contributed by atoms with van der Waals surface area (Å²) in [5, 5.41) is 6.23. The Labute approximate surface area is 201 Å². The highest BCUT2D eigenvalue weighted by Crippen LogP contribution is 2.28. The third-order valence-electron chi connectivity index (χ3n) is 4.64. The van der Waals surface area contributed by atoms with Gasteiger partial charge < -0.3 is 24.3 Å². The molecule has 0 radical (unpaired) electrons. The van der Waals surface area contributed by atoms with E-state index in [1.165, 1.54) is 33.6 Å².